The van der Waals surface area contributed by atoms with Crippen LogP contribution in [0.15, 0.2) is 24.3 Å². The largest absolute Gasteiger partial charge is 0.115 e. The maximum Gasteiger partial charge on any atom is 0.0408 e. The molecule has 0 bridgehead atoms. The molecular weight excluding hydrogens is 252 g/mol. The molecule has 0 aromatic heterocycles. The lowest BCUT2D eigenvalue weighted by molar-refractivity contribution is 1.46. The van der Waals surface area contributed by atoms with E-state index in [0.29, 0.717) is 0 Å². The molecule has 0 fully saturated rings. The zero-order chi connectivity index (χ0) is 15.0. The highest BCUT2D eigenvalue weighted by atomic mass is 14.3. The number of rotatable bonds is 0. The molecular formula is C21H10. The van der Waals surface area contributed by atoms with Crippen LogP contribution in [0, 0.1) is 48.9 Å². The van der Waals surface area contributed by atoms with E-state index in [2.05, 4.69) is 29.6 Å². The SMILES string of the molecule is C#Cc1cc2c(cc1C#C)-c1cc(C#CC)c(C#C)cc1-2. The van der Waals surface area contributed by atoms with Crippen LogP contribution in [0.5, 0.6) is 0 Å². The Hall–Kier alpha value is -3.32. The summed E-state index contributed by atoms with van der Waals surface area (Å²) in [7, 11) is 0. The Kier molecular flexibility index (Phi) is 2.82. The molecule has 0 spiro atoms. The third kappa shape index (κ3) is 1.72. The van der Waals surface area contributed by atoms with E-state index in [1.54, 1.807) is 6.92 Å². The highest BCUT2D eigenvalue weighted by Gasteiger charge is 2.25. The molecule has 0 heteroatoms. The lowest BCUT2D eigenvalue weighted by atomic mass is 9.77. The first kappa shape index (κ1) is 12.7. The van der Waals surface area contributed by atoms with Crippen molar-refractivity contribution in [3.8, 4) is 71.1 Å². The lowest BCUT2D eigenvalue weighted by Crippen LogP contribution is -2.03. The van der Waals surface area contributed by atoms with Crippen LogP contribution in [0.1, 0.15) is 29.2 Å². The van der Waals surface area contributed by atoms with Gasteiger partial charge in [0.15, 0.2) is 0 Å². The number of benzene rings is 2. The average molecular weight is 262 g/mol. The summed E-state index contributed by atoms with van der Waals surface area (Å²) >= 11 is 0. The van der Waals surface area contributed by atoms with Gasteiger partial charge in [0.1, 0.15) is 0 Å². The Labute approximate surface area is 125 Å². The maximum absolute atomic E-state index is 5.57. The summed E-state index contributed by atoms with van der Waals surface area (Å²) in [5.41, 5.74) is 7.60. The van der Waals surface area contributed by atoms with Crippen LogP contribution in [-0.2, 0) is 0 Å². The highest BCUT2D eigenvalue weighted by molar-refractivity contribution is 6.04. The van der Waals surface area contributed by atoms with Gasteiger partial charge < -0.3 is 0 Å². The molecule has 94 valence electrons. The second kappa shape index (κ2) is 4.66. The van der Waals surface area contributed by atoms with Crippen LogP contribution in [-0.4, -0.2) is 0 Å². The van der Waals surface area contributed by atoms with Crippen molar-refractivity contribution in [2.45, 2.75) is 6.92 Å². The summed E-state index contributed by atoms with van der Waals surface area (Å²) in [4.78, 5) is 0. The van der Waals surface area contributed by atoms with Gasteiger partial charge in [-0.05, 0) is 53.4 Å². The highest BCUT2D eigenvalue weighted by Crippen LogP contribution is 2.49. The van der Waals surface area contributed by atoms with Crippen LogP contribution in [0.25, 0.3) is 22.3 Å². The van der Waals surface area contributed by atoms with Gasteiger partial charge in [0.25, 0.3) is 0 Å². The van der Waals surface area contributed by atoms with Crippen molar-refractivity contribution in [2.75, 3.05) is 0 Å². The van der Waals surface area contributed by atoms with E-state index in [9.17, 15) is 0 Å². The number of fused-ring (bicyclic) bond motifs is 4. The van der Waals surface area contributed by atoms with E-state index in [4.69, 9.17) is 19.3 Å². The van der Waals surface area contributed by atoms with Crippen molar-refractivity contribution in [1.82, 2.24) is 0 Å². The first-order chi connectivity index (χ1) is 10.2. The second-order valence-corrected chi connectivity index (χ2v) is 4.69. The maximum atomic E-state index is 5.57. The van der Waals surface area contributed by atoms with Gasteiger partial charge in [0.2, 0.25) is 0 Å². The third-order valence-corrected chi connectivity index (χ3v) is 3.62. The fourth-order valence-corrected chi connectivity index (χ4v) is 2.62. The second-order valence-electron chi connectivity index (χ2n) is 4.69. The Balaban J connectivity index is 2.26. The standard InChI is InChI=1S/C21H10/c1-5-9-17-13-21-19-11-15(7-3)14(6-2)10-18(19)20(21)12-16(17)8-4/h2-4,10-13H,1H3. The minimum absolute atomic E-state index is 0.738. The molecule has 0 saturated carbocycles. The van der Waals surface area contributed by atoms with Crippen molar-refractivity contribution in [2.24, 2.45) is 0 Å². The number of terminal acetylenes is 3. The molecule has 0 nitrogen and oxygen atoms in total. The van der Waals surface area contributed by atoms with Crippen molar-refractivity contribution in [1.29, 1.82) is 0 Å². The van der Waals surface area contributed by atoms with Crippen LogP contribution < -0.4 is 0 Å². The van der Waals surface area contributed by atoms with Gasteiger partial charge in [-0.25, -0.2) is 0 Å². The van der Waals surface area contributed by atoms with Gasteiger partial charge in [-0.3, -0.25) is 0 Å². The number of hydrogen-bond acceptors (Lipinski definition) is 0. The molecule has 21 heavy (non-hydrogen) atoms. The van der Waals surface area contributed by atoms with Gasteiger partial charge >= 0.3 is 0 Å². The Morgan fingerprint density at radius 2 is 0.952 bits per heavy atom. The van der Waals surface area contributed by atoms with Gasteiger partial charge in [0.05, 0.1) is 0 Å². The summed E-state index contributed by atoms with van der Waals surface area (Å²) in [6.45, 7) is 1.79. The minimum atomic E-state index is 0.738. The molecule has 0 aliphatic heterocycles. The van der Waals surface area contributed by atoms with E-state index in [-0.39, 0.29) is 0 Å². The molecule has 0 unspecified atom stereocenters. The van der Waals surface area contributed by atoms with Crippen LogP contribution in [0.2, 0.25) is 0 Å². The Morgan fingerprint density at radius 1 is 0.619 bits per heavy atom. The summed E-state index contributed by atoms with van der Waals surface area (Å²) in [6.07, 6.45) is 16.6. The molecule has 0 radical (unpaired) electrons. The first-order valence-corrected chi connectivity index (χ1v) is 6.43. The smallest absolute Gasteiger partial charge is 0.0408 e. The van der Waals surface area contributed by atoms with Crippen molar-refractivity contribution in [3.05, 3.63) is 46.5 Å². The topological polar surface area (TPSA) is 0 Å². The average Bonchev–Trinajstić information content (AvgIpc) is 2.52. The van der Waals surface area contributed by atoms with Crippen LogP contribution >= 0.6 is 0 Å². The Morgan fingerprint density at radius 3 is 1.29 bits per heavy atom. The summed E-state index contributed by atoms with van der Waals surface area (Å²) in [6, 6.07) is 7.94. The van der Waals surface area contributed by atoms with Gasteiger partial charge in [0, 0.05) is 22.3 Å². The molecule has 0 saturated heterocycles. The summed E-state index contributed by atoms with van der Waals surface area (Å²) < 4.78 is 0. The number of hydrogen-bond donors (Lipinski definition) is 0. The van der Waals surface area contributed by atoms with E-state index in [0.717, 1.165) is 44.5 Å². The first-order valence-electron chi connectivity index (χ1n) is 6.43. The van der Waals surface area contributed by atoms with Crippen molar-refractivity contribution >= 4 is 0 Å². The van der Waals surface area contributed by atoms with Crippen LogP contribution in [0.3, 0.4) is 0 Å². The quantitative estimate of drug-likeness (QED) is 0.542. The van der Waals surface area contributed by atoms with E-state index < -0.39 is 0 Å². The molecule has 1 aliphatic carbocycles. The molecule has 1 aliphatic rings. The lowest BCUT2D eigenvalue weighted by Gasteiger charge is -2.26. The molecule has 0 heterocycles. The molecule has 0 atom stereocenters. The fraction of sp³-hybridized carbons (Fsp3) is 0.0476. The molecule has 0 amide bonds. The monoisotopic (exact) mass is 262 g/mol. The van der Waals surface area contributed by atoms with Gasteiger partial charge in [-0.15, -0.1) is 25.2 Å². The summed E-state index contributed by atoms with van der Waals surface area (Å²) in [5.74, 6) is 13.9. The third-order valence-electron chi connectivity index (χ3n) is 3.62. The molecule has 3 rings (SSSR count). The normalized spacial score (nSPS) is 9.62. The predicted molar refractivity (Wildman–Crippen MR) is 87.2 cm³/mol. The molecule has 0 N–H and O–H groups in total. The Bertz CT molecular complexity index is 968. The van der Waals surface area contributed by atoms with Crippen molar-refractivity contribution in [3.63, 3.8) is 0 Å². The molecule has 2 aromatic carbocycles. The van der Waals surface area contributed by atoms with E-state index in [1.807, 2.05) is 24.3 Å². The fourth-order valence-electron chi connectivity index (χ4n) is 2.62. The van der Waals surface area contributed by atoms with Gasteiger partial charge in [-0.2, -0.15) is 0 Å². The minimum Gasteiger partial charge on any atom is -0.115 e. The molecule has 2 aromatic rings. The van der Waals surface area contributed by atoms with E-state index in [1.165, 1.54) is 0 Å². The van der Waals surface area contributed by atoms with E-state index >= 15 is 0 Å². The van der Waals surface area contributed by atoms with Gasteiger partial charge in [-0.1, -0.05) is 23.7 Å². The van der Waals surface area contributed by atoms with Crippen molar-refractivity contribution < 1.29 is 0 Å². The van der Waals surface area contributed by atoms with Crippen LogP contribution in [0.4, 0.5) is 0 Å². The predicted octanol–water partition coefficient (Wildman–Crippen LogP) is 3.65. The summed E-state index contributed by atoms with van der Waals surface area (Å²) in [5, 5.41) is 0. The zero-order valence-corrected chi connectivity index (χ0v) is 11.5. The zero-order valence-electron chi connectivity index (χ0n) is 11.5.